The number of fused-ring (bicyclic) bond motifs is 1. The summed E-state index contributed by atoms with van der Waals surface area (Å²) in [6, 6.07) is 9.58. The zero-order chi connectivity index (χ0) is 19.0. The van der Waals surface area contributed by atoms with Crippen LogP contribution in [0.3, 0.4) is 0 Å². The molecule has 1 aliphatic rings. The van der Waals surface area contributed by atoms with E-state index in [-0.39, 0.29) is 18.3 Å². The smallest absolute Gasteiger partial charge is 0.257 e. The number of aryl methyl sites for hydroxylation is 2. The SMILES string of the molecule is Cc1ccc2c(Nc3cc(Cl)ccc3C)c(C(=O)N3CCCC3)cnc2n1.Cl. The van der Waals surface area contributed by atoms with Crippen molar-refractivity contribution >= 4 is 52.3 Å². The van der Waals surface area contributed by atoms with Gasteiger partial charge in [0.1, 0.15) is 0 Å². The Labute approximate surface area is 175 Å². The third-order valence-electron chi connectivity index (χ3n) is 4.95. The maximum atomic E-state index is 13.1. The van der Waals surface area contributed by atoms with Gasteiger partial charge >= 0.3 is 0 Å². The summed E-state index contributed by atoms with van der Waals surface area (Å²) < 4.78 is 0. The molecule has 0 atom stereocenters. The van der Waals surface area contributed by atoms with Crippen molar-refractivity contribution in [2.45, 2.75) is 26.7 Å². The molecule has 1 fully saturated rings. The van der Waals surface area contributed by atoms with Crippen LogP contribution in [0.1, 0.15) is 34.5 Å². The molecule has 1 amide bonds. The number of carbonyl (C=O) groups is 1. The van der Waals surface area contributed by atoms with E-state index in [9.17, 15) is 4.79 Å². The summed E-state index contributed by atoms with van der Waals surface area (Å²) in [5.41, 5.74) is 4.72. The average molecular weight is 417 g/mol. The molecule has 3 heterocycles. The number of hydrogen-bond acceptors (Lipinski definition) is 4. The first-order valence-electron chi connectivity index (χ1n) is 9.12. The predicted molar refractivity (Wildman–Crippen MR) is 116 cm³/mol. The molecule has 0 unspecified atom stereocenters. The molecule has 5 nitrogen and oxygen atoms in total. The highest BCUT2D eigenvalue weighted by molar-refractivity contribution is 6.31. The molecule has 0 spiro atoms. The van der Waals surface area contributed by atoms with Gasteiger partial charge in [0.25, 0.3) is 5.91 Å². The second-order valence-electron chi connectivity index (χ2n) is 6.95. The van der Waals surface area contributed by atoms with Gasteiger partial charge in [0, 0.05) is 41.1 Å². The van der Waals surface area contributed by atoms with Crippen LogP contribution in [0.2, 0.25) is 5.02 Å². The summed E-state index contributed by atoms with van der Waals surface area (Å²) in [7, 11) is 0. The van der Waals surface area contributed by atoms with E-state index >= 15 is 0 Å². The number of hydrogen-bond donors (Lipinski definition) is 1. The predicted octanol–water partition coefficient (Wildman–Crippen LogP) is 5.30. The molecule has 1 aromatic carbocycles. The number of anilines is 2. The topological polar surface area (TPSA) is 58.1 Å². The zero-order valence-corrected chi connectivity index (χ0v) is 17.4. The number of nitrogens with zero attached hydrogens (tertiary/aromatic N) is 3. The van der Waals surface area contributed by atoms with Crippen LogP contribution in [0, 0.1) is 13.8 Å². The number of amides is 1. The molecule has 3 aromatic rings. The standard InChI is InChI=1S/C21H21ClN4O.ClH/c1-13-5-7-15(22)11-18(13)25-19-16-8-6-14(2)24-20(16)23-12-17(19)21(27)26-9-3-4-10-26;/h5-8,11-12H,3-4,9-10H2,1-2H3,(H,23,24,25);1H. The molecule has 0 radical (unpaired) electrons. The maximum Gasteiger partial charge on any atom is 0.257 e. The van der Waals surface area contributed by atoms with Crippen LogP contribution in [0.25, 0.3) is 11.0 Å². The Morgan fingerprint density at radius 1 is 1.14 bits per heavy atom. The summed E-state index contributed by atoms with van der Waals surface area (Å²) in [5.74, 6) is 0.00431. The van der Waals surface area contributed by atoms with Crippen molar-refractivity contribution in [3.63, 3.8) is 0 Å². The molecule has 146 valence electrons. The molecular formula is C21H22Cl2N4O. The van der Waals surface area contributed by atoms with E-state index in [0.29, 0.717) is 16.2 Å². The summed E-state index contributed by atoms with van der Waals surface area (Å²) in [5, 5.41) is 4.90. The third-order valence-corrected chi connectivity index (χ3v) is 5.19. The summed E-state index contributed by atoms with van der Waals surface area (Å²) in [6.45, 7) is 5.52. The van der Waals surface area contributed by atoms with Crippen molar-refractivity contribution < 1.29 is 4.79 Å². The first kappa shape index (κ1) is 20.4. The van der Waals surface area contributed by atoms with Gasteiger partial charge in [-0.05, 0) is 56.5 Å². The van der Waals surface area contributed by atoms with Crippen molar-refractivity contribution in [3.05, 3.63) is 58.4 Å². The fourth-order valence-electron chi connectivity index (χ4n) is 3.42. The number of aromatic nitrogens is 2. The van der Waals surface area contributed by atoms with E-state index < -0.39 is 0 Å². The monoisotopic (exact) mass is 416 g/mol. The van der Waals surface area contributed by atoms with Gasteiger partial charge in [0.2, 0.25) is 0 Å². The van der Waals surface area contributed by atoms with Crippen LogP contribution in [0.15, 0.2) is 36.5 Å². The number of likely N-dealkylation sites (tertiary alicyclic amines) is 1. The van der Waals surface area contributed by atoms with Crippen LogP contribution in [0.5, 0.6) is 0 Å². The Kier molecular flexibility index (Phi) is 6.06. The van der Waals surface area contributed by atoms with Gasteiger partial charge < -0.3 is 10.2 Å². The van der Waals surface area contributed by atoms with Gasteiger partial charge in [-0.2, -0.15) is 0 Å². The van der Waals surface area contributed by atoms with Gasteiger partial charge in [-0.3, -0.25) is 4.79 Å². The molecular weight excluding hydrogens is 395 g/mol. The maximum absolute atomic E-state index is 13.1. The lowest BCUT2D eigenvalue weighted by atomic mass is 10.1. The highest BCUT2D eigenvalue weighted by Gasteiger charge is 2.24. The quantitative estimate of drug-likeness (QED) is 0.628. The Hall–Kier alpha value is -2.37. The minimum Gasteiger partial charge on any atom is -0.354 e. The third kappa shape index (κ3) is 3.91. The van der Waals surface area contributed by atoms with Gasteiger partial charge in [-0.25, -0.2) is 9.97 Å². The zero-order valence-electron chi connectivity index (χ0n) is 15.8. The lowest BCUT2D eigenvalue weighted by molar-refractivity contribution is 0.0793. The van der Waals surface area contributed by atoms with Crippen molar-refractivity contribution in [2.75, 3.05) is 18.4 Å². The van der Waals surface area contributed by atoms with Gasteiger partial charge in [-0.15, -0.1) is 12.4 Å². The van der Waals surface area contributed by atoms with Gasteiger partial charge in [0.15, 0.2) is 5.65 Å². The van der Waals surface area contributed by atoms with Crippen molar-refractivity contribution in [1.82, 2.24) is 14.9 Å². The Morgan fingerprint density at radius 3 is 2.64 bits per heavy atom. The first-order chi connectivity index (χ1) is 13.0. The van der Waals surface area contributed by atoms with Crippen LogP contribution >= 0.6 is 24.0 Å². The summed E-state index contributed by atoms with van der Waals surface area (Å²) in [4.78, 5) is 24.0. The number of rotatable bonds is 3. The lowest BCUT2D eigenvalue weighted by Gasteiger charge is -2.20. The summed E-state index contributed by atoms with van der Waals surface area (Å²) >= 11 is 6.19. The van der Waals surface area contributed by atoms with E-state index in [2.05, 4.69) is 15.3 Å². The average Bonchev–Trinajstić information content (AvgIpc) is 3.19. The van der Waals surface area contributed by atoms with E-state index in [1.165, 1.54) is 0 Å². The van der Waals surface area contributed by atoms with E-state index in [1.54, 1.807) is 6.20 Å². The largest absolute Gasteiger partial charge is 0.354 e. The Balaban J connectivity index is 0.00000225. The minimum atomic E-state index is 0. The van der Waals surface area contributed by atoms with Crippen LogP contribution in [-0.4, -0.2) is 33.9 Å². The van der Waals surface area contributed by atoms with Crippen LogP contribution in [-0.2, 0) is 0 Å². The lowest BCUT2D eigenvalue weighted by Crippen LogP contribution is -2.28. The second-order valence-corrected chi connectivity index (χ2v) is 7.39. The highest BCUT2D eigenvalue weighted by Crippen LogP contribution is 2.32. The van der Waals surface area contributed by atoms with E-state index in [1.807, 2.05) is 49.1 Å². The number of nitrogens with one attached hydrogen (secondary N) is 1. The second kappa shape index (κ2) is 8.33. The first-order valence-corrected chi connectivity index (χ1v) is 9.49. The molecule has 0 bridgehead atoms. The van der Waals surface area contributed by atoms with Crippen molar-refractivity contribution in [3.8, 4) is 0 Å². The molecule has 0 aliphatic carbocycles. The van der Waals surface area contributed by atoms with Crippen LogP contribution < -0.4 is 5.32 Å². The van der Waals surface area contributed by atoms with E-state index in [0.717, 1.165) is 53.9 Å². The fourth-order valence-corrected chi connectivity index (χ4v) is 3.59. The fraction of sp³-hybridized carbons (Fsp3) is 0.286. The molecule has 1 N–H and O–H groups in total. The molecule has 0 saturated carbocycles. The van der Waals surface area contributed by atoms with Gasteiger partial charge in [0.05, 0.1) is 11.3 Å². The van der Waals surface area contributed by atoms with Gasteiger partial charge in [-0.1, -0.05) is 17.7 Å². The molecule has 1 saturated heterocycles. The molecule has 1 aliphatic heterocycles. The van der Waals surface area contributed by atoms with Crippen molar-refractivity contribution in [2.24, 2.45) is 0 Å². The molecule has 7 heteroatoms. The number of carbonyl (C=O) groups excluding carboxylic acids is 1. The molecule has 2 aromatic heterocycles. The normalized spacial score (nSPS) is 13.5. The van der Waals surface area contributed by atoms with Crippen molar-refractivity contribution in [1.29, 1.82) is 0 Å². The Bertz CT molecular complexity index is 1030. The number of halogens is 2. The highest BCUT2D eigenvalue weighted by atomic mass is 35.5. The van der Waals surface area contributed by atoms with Crippen LogP contribution in [0.4, 0.5) is 11.4 Å². The molecule has 4 rings (SSSR count). The summed E-state index contributed by atoms with van der Waals surface area (Å²) in [6.07, 6.45) is 3.73. The number of pyridine rings is 2. The Morgan fingerprint density at radius 2 is 1.89 bits per heavy atom. The minimum absolute atomic E-state index is 0. The molecule has 28 heavy (non-hydrogen) atoms. The van der Waals surface area contributed by atoms with E-state index in [4.69, 9.17) is 11.6 Å². The number of benzene rings is 1.